The minimum Gasteiger partial charge on any atom is -0.493 e. The summed E-state index contributed by atoms with van der Waals surface area (Å²) in [5.41, 5.74) is 7.10. The summed E-state index contributed by atoms with van der Waals surface area (Å²) >= 11 is 0. The molecule has 2 aromatic carbocycles. The normalized spacial score (nSPS) is 10.6. The van der Waals surface area contributed by atoms with Crippen LogP contribution in [0.2, 0.25) is 0 Å². The lowest BCUT2D eigenvalue weighted by molar-refractivity contribution is -0.118. The van der Waals surface area contributed by atoms with E-state index in [0.29, 0.717) is 33.6 Å². The summed E-state index contributed by atoms with van der Waals surface area (Å²) in [5.74, 6) is -0.591. The number of pyridine rings is 1. The molecule has 0 saturated carbocycles. The molecule has 3 N–H and O–H groups in total. The molecular weight excluding hydrogens is 349 g/mol. The smallest absolute Gasteiger partial charge is 0.256 e. The van der Waals surface area contributed by atoms with Gasteiger partial charge >= 0.3 is 0 Å². The first-order chi connectivity index (χ1) is 12.9. The van der Waals surface area contributed by atoms with Crippen molar-refractivity contribution in [3.8, 4) is 5.75 Å². The Hall–Kier alpha value is -3.48. The minimum absolute atomic E-state index is 0.132. The monoisotopic (exact) mass is 367 g/mol. The number of rotatable bonds is 6. The fourth-order valence-corrected chi connectivity index (χ4v) is 2.62. The number of carbonyl (C=O) groups excluding carboxylic acids is 2. The van der Waals surface area contributed by atoms with Crippen LogP contribution in [0.3, 0.4) is 0 Å². The van der Waals surface area contributed by atoms with Crippen LogP contribution in [-0.2, 0) is 4.79 Å². The van der Waals surface area contributed by atoms with E-state index in [1.165, 1.54) is 12.1 Å². The Kier molecular flexibility index (Phi) is 5.30. The molecule has 0 fully saturated rings. The molecule has 0 spiro atoms. The number of amides is 2. The number of ether oxygens (including phenoxy) is 1. The summed E-state index contributed by atoms with van der Waals surface area (Å²) in [5, 5.41) is 3.38. The molecule has 0 unspecified atom stereocenters. The topological polar surface area (TPSA) is 94.3 Å². The molecule has 0 aliphatic heterocycles. The van der Waals surface area contributed by atoms with Crippen LogP contribution in [0, 0.1) is 12.7 Å². The number of benzene rings is 2. The Morgan fingerprint density at radius 1 is 1.15 bits per heavy atom. The van der Waals surface area contributed by atoms with E-state index in [1.54, 1.807) is 43.3 Å². The van der Waals surface area contributed by atoms with Gasteiger partial charge in [-0.15, -0.1) is 0 Å². The number of aryl methyl sites for hydroxylation is 1. The fourth-order valence-electron chi connectivity index (χ4n) is 2.62. The molecule has 0 aliphatic carbocycles. The summed E-state index contributed by atoms with van der Waals surface area (Å²) in [6.07, 6.45) is 0.132. The first kappa shape index (κ1) is 18.3. The van der Waals surface area contributed by atoms with E-state index < -0.39 is 11.7 Å². The number of anilines is 1. The van der Waals surface area contributed by atoms with Crippen LogP contribution in [-0.4, -0.2) is 23.4 Å². The maximum absolute atomic E-state index is 13.4. The molecule has 0 saturated heterocycles. The number of hydrogen-bond donors (Lipinski definition) is 2. The van der Waals surface area contributed by atoms with Crippen molar-refractivity contribution in [1.29, 1.82) is 0 Å². The predicted molar refractivity (Wildman–Crippen MR) is 100 cm³/mol. The lowest BCUT2D eigenvalue weighted by Gasteiger charge is -2.10. The second-order valence-electron chi connectivity index (χ2n) is 6.02. The molecule has 2 amide bonds. The number of hydrogen-bond acceptors (Lipinski definition) is 4. The molecule has 0 radical (unpaired) electrons. The predicted octanol–water partition coefficient (Wildman–Crippen LogP) is 3.19. The van der Waals surface area contributed by atoms with Crippen LogP contribution in [0.1, 0.15) is 22.5 Å². The Bertz CT molecular complexity index is 998. The maximum Gasteiger partial charge on any atom is 0.256 e. The Morgan fingerprint density at radius 3 is 2.59 bits per heavy atom. The second-order valence-corrected chi connectivity index (χ2v) is 6.02. The van der Waals surface area contributed by atoms with Crippen LogP contribution in [0.15, 0.2) is 48.5 Å². The highest BCUT2D eigenvalue weighted by Gasteiger charge is 2.13. The molecular formula is C20H18FN3O3. The Labute approximate surface area is 155 Å². The standard InChI is InChI=1S/C20H18FN3O3/c1-12-10-17(16-7-2-13(21)11-18(16)23-12)20(26)24-14-3-5-15(6-4-14)27-9-8-19(22)25/h2-7,10-11H,8-9H2,1H3,(H2,22,25)(H,24,26). The summed E-state index contributed by atoms with van der Waals surface area (Å²) in [6, 6.07) is 12.6. The molecule has 3 aromatic rings. The first-order valence-electron chi connectivity index (χ1n) is 8.32. The van der Waals surface area contributed by atoms with Gasteiger partial charge in [0.15, 0.2) is 0 Å². The molecule has 6 nitrogen and oxygen atoms in total. The van der Waals surface area contributed by atoms with Crippen molar-refractivity contribution in [3.05, 3.63) is 65.6 Å². The fraction of sp³-hybridized carbons (Fsp3) is 0.150. The van der Waals surface area contributed by atoms with Crippen molar-refractivity contribution in [2.45, 2.75) is 13.3 Å². The van der Waals surface area contributed by atoms with Crippen LogP contribution >= 0.6 is 0 Å². The van der Waals surface area contributed by atoms with Gasteiger partial charge in [-0.2, -0.15) is 0 Å². The average Bonchev–Trinajstić information content (AvgIpc) is 2.61. The number of aromatic nitrogens is 1. The summed E-state index contributed by atoms with van der Waals surface area (Å²) in [4.78, 5) is 27.7. The van der Waals surface area contributed by atoms with Gasteiger partial charge in [0.2, 0.25) is 5.91 Å². The van der Waals surface area contributed by atoms with Gasteiger partial charge in [-0.05, 0) is 49.4 Å². The van der Waals surface area contributed by atoms with Crippen molar-refractivity contribution in [3.63, 3.8) is 0 Å². The van der Waals surface area contributed by atoms with E-state index in [-0.39, 0.29) is 18.9 Å². The molecule has 0 bridgehead atoms. The zero-order valence-corrected chi connectivity index (χ0v) is 14.7. The maximum atomic E-state index is 13.4. The molecule has 1 heterocycles. The van der Waals surface area contributed by atoms with E-state index in [1.807, 2.05) is 0 Å². The molecule has 3 rings (SSSR count). The average molecular weight is 367 g/mol. The minimum atomic E-state index is -0.432. The zero-order valence-electron chi connectivity index (χ0n) is 14.7. The van der Waals surface area contributed by atoms with E-state index in [2.05, 4.69) is 10.3 Å². The quantitative estimate of drug-likeness (QED) is 0.700. The highest BCUT2D eigenvalue weighted by atomic mass is 19.1. The third kappa shape index (κ3) is 4.58. The van der Waals surface area contributed by atoms with Crippen molar-refractivity contribution < 1.29 is 18.7 Å². The summed E-state index contributed by atoms with van der Waals surface area (Å²) in [7, 11) is 0. The van der Waals surface area contributed by atoms with E-state index >= 15 is 0 Å². The number of nitrogens with zero attached hydrogens (tertiary/aromatic N) is 1. The number of primary amides is 1. The van der Waals surface area contributed by atoms with Gasteiger partial charge in [0.25, 0.3) is 5.91 Å². The number of halogens is 1. The largest absolute Gasteiger partial charge is 0.493 e. The highest BCUT2D eigenvalue weighted by molar-refractivity contribution is 6.12. The van der Waals surface area contributed by atoms with Crippen molar-refractivity contribution >= 4 is 28.4 Å². The van der Waals surface area contributed by atoms with Gasteiger partial charge in [0.1, 0.15) is 11.6 Å². The van der Waals surface area contributed by atoms with Crippen molar-refractivity contribution in [1.82, 2.24) is 4.98 Å². The second kappa shape index (κ2) is 7.82. The molecule has 7 heteroatoms. The van der Waals surface area contributed by atoms with Gasteiger partial charge in [-0.3, -0.25) is 14.6 Å². The van der Waals surface area contributed by atoms with Gasteiger partial charge in [-0.1, -0.05) is 0 Å². The number of nitrogens with two attached hydrogens (primary N) is 1. The molecule has 138 valence electrons. The molecule has 0 atom stereocenters. The van der Waals surface area contributed by atoms with Gasteiger partial charge in [0.05, 0.1) is 24.1 Å². The summed E-state index contributed by atoms with van der Waals surface area (Å²) < 4.78 is 18.8. The van der Waals surface area contributed by atoms with Gasteiger partial charge in [0, 0.05) is 22.8 Å². The number of nitrogens with one attached hydrogen (secondary N) is 1. The Balaban J connectivity index is 1.76. The van der Waals surface area contributed by atoms with Crippen LogP contribution in [0.25, 0.3) is 10.9 Å². The zero-order chi connectivity index (χ0) is 19.4. The lowest BCUT2D eigenvalue weighted by atomic mass is 10.1. The van der Waals surface area contributed by atoms with Gasteiger partial charge in [-0.25, -0.2) is 4.39 Å². The van der Waals surface area contributed by atoms with Crippen LogP contribution in [0.4, 0.5) is 10.1 Å². The van der Waals surface area contributed by atoms with Crippen LogP contribution < -0.4 is 15.8 Å². The van der Waals surface area contributed by atoms with Crippen molar-refractivity contribution in [2.75, 3.05) is 11.9 Å². The summed E-state index contributed by atoms with van der Waals surface area (Å²) in [6.45, 7) is 1.94. The number of carbonyl (C=O) groups is 2. The third-order valence-corrected chi connectivity index (χ3v) is 3.87. The SMILES string of the molecule is Cc1cc(C(=O)Nc2ccc(OCCC(N)=O)cc2)c2ccc(F)cc2n1. The Morgan fingerprint density at radius 2 is 1.89 bits per heavy atom. The first-order valence-corrected chi connectivity index (χ1v) is 8.32. The third-order valence-electron chi connectivity index (χ3n) is 3.87. The lowest BCUT2D eigenvalue weighted by Crippen LogP contribution is -2.14. The van der Waals surface area contributed by atoms with E-state index in [0.717, 1.165) is 0 Å². The highest BCUT2D eigenvalue weighted by Crippen LogP contribution is 2.22. The molecule has 0 aliphatic rings. The number of fused-ring (bicyclic) bond motifs is 1. The molecule has 27 heavy (non-hydrogen) atoms. The van der Waals surface area contributed by atoms with Crippen molar-refractivity contribution in [2.24, 2.45) is 5.73 Å². The van der Waals surface area contributed by atoms with Gasteiger partial charge < -0.3 is 15.8 Å². The molecule has 1 aromatic heterocycles. The van der Waals surface area contributed by atoms with E-state index in [4.69, 9.17) is 10.5 Å². The van der Waals surface area contributed by atoms with E-state index in [9.17, 15) is 14.0 Å². The van der Waals surface area contributed by atoms with Crippen LogP contribution in [0.5, 0.6) is 5.75 Å².